The zero-order valence-electron chi connectivity index (χ0n) is 13.2. The molecule has 1 aromatic carbocycles. The molecule has 0 radical (unpaired) electrons. The quantitative estimate of drug-likeness (QED) is 0.727. The Morgan fingerprint density at radius 3 is 2.88 bits per heavy atom. The van der Waals surface area contributed by atoms with Crippen LogP contribution in [0.15, 0.2) is 42.7 Å². The van der Waals surface area contributed by atoms with Gasteiger partial charge in [0.2, 0.25) is 5.91 Å². The Kier molecular flexibility index (Phi) is 3.26. The largest absolute Gasteiger partial charge is 0.399 e. The Balaban J connectivity index is 1.66. The van der Waals surface area contributed by atoms with Crippen molar-refractivity contribution in [3.05, 3.63) is 48.3 Å². The number of hydrogen-bond acceptors (Lipinski definition) is 3. The van der Waals surface area contributed by atoms with Crippen molar-refractivity contribution in [2.45, 2.75) is 19.5 Å². The number of nitrogen functional groups attached to an aromatic ring is 1. The number of carbonyl (C=O) groups is 1. The van der Waals surface area contributed by atoms with Crippen LogP contribution in [-0.4, -0.2) is 21.5 Å². The Hall–Kier alpha value is -2.89. The van der Waals surface area contributed by atoms with Crippen LogP contribution < -0.4 is 11.1 Å². The average molecular weight is 324 g/mol. The van der Waals surface area contributed by atoms with Gasteiger partial charge in [0.1, 0.15) is 11.8 Å². The third kappa shape index (κ3) is 2.60. The second kappa shape index (κ2) is 5.33. The summed E-state index contributed by atoms with van der Waals surface area (Å²) in [5.74, 6) is -0.404. The maximum Gasteiger partial charge on any atom is 0.231 e. The maximum atomic E-state index is 12.9. The van der Waals surface area contributed by atoms with Crippen LogP contribution in [0.1, 0.15) is 12.0 Å². The lowest BCUT2D eigenvalue weighted by Crippen LogP contribution is -2.15. The van der Waals surface area contributed by atoms with Crippen LogP contribution in [0.5, 0.6) is 0 Å². The number of benzene rings is 1. The molecule has 2 heterocycles. The molecule has 2 unspecified atom stereocenters. The molecule has 0 bridgehead atoms. The van der Waals surface area contributed by atoms with E-state index in [2.05, 4.69) is 10.3 Å². The van der Waals surface area contributed by atoms with Crippen molar-refractivity contribution in [2.24, 2.45) is 5.92 Å². The number of aryl methyl sites for hydroxylation is 1. The van der Waals surface area contributed by atoms with E-state index in [-0.39, 0.29) is 5.91 Å². The third-order valence-electron chi connectivity index (χ3n) is 4.32. The number of carbonyl (C=O) groups excluding carboxylic acids is 1. The molecule has 6 heteroatoms. The number of nitrogens with one attached hydrogen (secondary N) is 1. The van der Waals surface area contributed by atoms with Crippen molar-refractivity contribution in [3.8, 4) is 11.1 Å². The van der Waals surface area contributed by atoms with Crippen molar-refractivity contribution < 1.29 is 9.18 Å². The molecule has 24 heavy (non-hydrogen) atoms. The molecule has 1 fully saturated rings. The van der Waals surface area contributed by atoms with E-state index in [1.54, 1.807) is 6.20 Å². The summed E-state index contributed by atoms with van der Waals surface area (Å²) < 4.78 is 14.8. The van der Waals surface area contributed by atoms with Crippen molar-refractivity contribution >= 4 is 23.1 Å². The van der Waals surface area contributed by atoms with Gasteiger partial charge in [0.15, 0.2) is 5.82 Å². The van der Waals surface area contributed by atoms with Crippen LogP contribution in [0, 0.1) is 12.8 Å². The van der Waals surface area contributed by atoms with Crippen molar-refractivity contribution in [1.29, 1.82) is 0 Å². The Morgan fingerprint density at radius 1 is 1.33 bits per heavy atom. The van der Waals surface area contributed by atoms with Crippen LogP contribution >= 0.6 is 0 Å². The highest BCUT2D eigenvalue weighted by Gasteiger charge is 2.43. The fourth-order valence-electron chi connectivity index (χ4n) is 2.82. The van der Waals surface area contributed by atoms with E-state index in [9.17, 15) is 9.18 Å². The molecule has 122 valence electrons. The first-order valence-electron chi connectivity index (χ1n) is 7.81. The first kappa shape index (κ1) is 14.7. The van der Waals surface area contributed by atoms with E-state index < -0.39 is 12.1 Å². The van der Waals surface area contributed by atoms with Gasteiger partial charge >= 0.3 is 0 Å². The zero-order chi connectivity index (χ0) is 16.8. The highest BCUT2D eigenvalue weighted by molar-refractivity contribution is 5.94. The second-order valence-electron chi connectivity index (χ2n) is 6.23. The SMILES string of the molecule is Cc1ccc(N)cc1-c1ccc2nc(NC(=O)C3CC3F)cn2c1. The van der Waals surface area contributed by atoms with E-state index in [1.807, 2.05) is 47.9 Å². The molecular weight excluding hydrogens is 307 g/mol. The number of halogens is 1. The van der Waals surface area contributed by atoms with Gasteiger partial charge in [-0.1, -0.05) is 6.07 Å². The molecule has 1 aliphatic rings. The molecule has 3 aromatic rings. The Morgan fingerprint density at radius 2 is 2.12 bits per heavy atom. The molecule has 1 amide bonds. The van der Waals surface area contributed by atoms with Gasteiger partial charge in [-0.05, 0) is 54.3 Å². The number of aromatic nitrogens is 2. The summed E-state index contributed by atoms with van der Waals surface area (Å²) in [5.41, 5.74) is 10.5. The van der Waals surface area contributed by atoms with Gasteiger partial charge in [-0.3, -0.25) is 4.79 Å². The lowest BCUT2D eigenvalue weighted by atomic mass is 10.0. The van der Waals surface area contributed by atoms with Gasteiger partial charge in [0.05, 0.1) is 12.1 Å². The van der Waals surface area contributed by atoms with Gasteiger partial charge in [0.25, 0.3) is 0 Å². The fourth-order valence-corrected chi connectivity index (χ4v) is 2.82. The normalized spacial score (nSPS) is 19.4. The van der Waals surface area contributed by atoms with Crippen molar-refractivity contribution in [1.82, 2.24) is 9.38 Å². The lowest BCUT2D eigenvalue weighted by molar-refractivity contribution is -0.117. The molecule has 0 saturated heterocycles. The topological polar surface area (TPSA) is 72.4 Å². The van der Waals surface area contributed by atoms with E-state index in [0.717, 1.165) is 16.7 Å². The maximum absolute atomic E-state index is 12.9. The van der Waals surface area contributed by atoms with Crippen LogP contribution in [0.4, 0.5) is 15.9 Å². The molecule has 2 atom stereocenters. The molecule has 1 aliphatic carbocycles. The molecule has 2 aromatic heterocycles. The molecule has 0 spiro atoms. The summed E-state index contributed by atoms with van der Waals surface area (Å²) in [6.45, 7) is 2.03. The summed E-state index contributed by atoms with van der Waals surface area (Å²) in [5, 5.41) is 2.67. The highest BCUT2D eigenvalue weighted by atomic mass is 19.1. The van der Waals surface area contributed by atoms with Crippen LogP contribution in [0.2, 0.25) is 0 Å². The molecule has 3 N–H and O–H groups in total. The highest BCUT2D eigenvalue weighted by Crippen LogP contribution is 2.34. The lowest BCUT2D eigenvalue weighted by Gasteiger charge is -2.07. The van der Waals surface area contributed by atoms with Crippen LogP contribution in [0.3, 0.4) is 0 Å². The van der Waals surface area contributed by atoms with Gasteiger partial charge in [-0.2, -0.15) is 0 Å². The zero-order valence-corrected chi connectivity index (χ0v) is 13.2. The van der Waals surface area contributed by atoms with Gasteiger partial charge in [-0.15, -0.1) is 0 Å². The molecule has 0 aliphatic heterocycles. The van der Waals surface area contributed by atoms with Crippen LogP contribution in [0.25, 0.3) is 16.8 Å². The van der Waals surface area contributed by atoms with E-state index in [0.29, 0.717) is 23.6 Å². The van der Waals surface area contributed by atoms with Gasteiger partial charge in [0, 0.05) is 11.9 Å². The number of amides is 1. The monoisotopic (exact) mass is 324 g/mol. The number of fused-ring (bicyclic) bond motifs is 1. The summed E-state index contributed by atoms with van der Waals surface area (Å²) in [6.07, 6.45) is 2.96. The number of anilines is 2. The predicted molar refractivity (Wildman–Crippen MR) is 91.4 cm³/mol. The van der Waals surface area contributed by atoms with E-state index in [1.165, 1.54) is 0 Å². The second-order valence-corrected chi connectivity index (χ2v) is 6.23. The molecular formula is C18H17FN4O. The van der Waals surface area contributed by atoms with Gasteiger partial charge < -0.3 is 15.5 Å². The minimum absolute atomic E-state index is 0.304. The van der Waals surface area contributed by atoms with Crippen LogP contribution in [-0.2, 0) is 4.79 Å². The Bertz CT molecular complexity index is 949. The number of pyridine rings is 1. The smallest absolute Gasteiger partial charge is 0.231 e. The minimum atomic E-state index is -1.01. The summed E-state index contributed by atoms with van der Waals surface area (Å²) in [4.78, 5) is 16.2. The number of nitrogens with two attached hydrogens (primary N) is 1. The van der Waals surface area contributed by atoms with E-state index in [4.69, 9.17) is 5.73 Å². The number of hydrogen-bond donors (Lipinski definition) is 2. The molecule has 4 rings (SSSR count). The number of nitrogens with zero attached hydrogens (tertiary/aromatic N) is 2. The van der Waals surface area contributed by atoms with Crippen molar-refractivity contribution in [2.75, 3.05) is 11.1 Å². The first-order chi connectivity index (χ1) is 11.5. The molecule has 1 saturated carbocycles. The van der Waals surface area contributed by atoms with Gasteiger partial charge in [-0.25, -0.2) is 9.37 Å². The number of rotatable bonds is 3. The standard InChI is InChI=1S/C18H17FN4O/c1-10-2-4-12(20)6-13(10)11-3-5-17-21-16(9-23(17)8-11)22-18(24)14-7-15(14)19/h2-6,8-9,14-15H,7,20H2,1H3,(H,22,24). The number of imidazole rings is 1. The van der Waals surface area contributed by atoms with E-state index >= 15 is 0 Å². The predicted octanol–water partition coefficient (Wildman–Crippen LogP) is 3.19. The fraction of sp³-hybridized carbons (Fsp3) is 0.222. The number of alkyl halides is 1. The summed E-state index contributed by atoms with van der Waals surface area (Å²) in [6, 6.07) is 9.64. The molecule has 5 nitrogen and oxygen atoms in total. The Labute approximate surface area is 138 Å². The summed E-state index contributed by atoms with van der Waals surface area (Å²) in [7, 11) is 0. The third-order valence-corrected chi connectivity index (χ3v) is 4.32. The minimum Gasteiger partial charge on any atom is -0.399 e. The first-order valence-corrected chi connectivity index (χ1v) is 7.81. The summed E-state index contributed by atoms with van der Waals surface area (Å²) >= 11 is 0. The van der Waals surface area contributed by atoms with Crippen molar-refractivity contribution in [3.63, 3.8) is 0 Å². The average Bonchev–Trinajstić information content (AvgIpc) is 3.15.